The van der Waals surface area contributed by atoms with Crippen LogP contribution in [-0.4, -0.2) is 0 Å². The number of benzene rings is 2. The van der Waals surface area contributed by atoms with Gasteiger partial charge in [0.15, 0.2) is 0 Å². The maximum Gasteiger partial charge on any atom is 0.131 e. The summed E-state index contributed by atoms with van der Waals surface area (Å²) in [6.45, 7) is 2.36. The Morgan fingerprint density at radius 2 is 1.68 bits per heavy atom. The Balaban J connectivity index is 1.63. The van der Waals surface area contributed by atoms with E-state index in [4.69, 9.17) is 0 Å². The van der Waals surface area contributed by atoms with Crippen molar-refractivity contribution in [1.82, 2.24) is 0 Å². The van der Waals surface area contributed by atoms with Crippen LogP contribution in [0, 0.1) is 17.7 Å². The Labute approximate surface area is 133 Å². The standard InChI is InChI=1S/C21H25F/c1-16-7-9-17(10-8-16)11-12-18-13-14-20(21(22)15-18)19-5-3-2-4-6-19/h2-6,13-17H,7-12H2,1H3. The van der Waals surface area contributed by atoms with Crippen LogP contribution in [0.2, 0.25) is 0 Å². The minimum absolute atomic E-state index is 0.0963. The van der Waals surface area contributed by atoms with Gasteiger partial charge in [0.1, 0.15) is 5.82 Å². The van der Waals surface area contributed by atoms with E-state index in [-0.39, 0.29) is 5.82 Å². The Hall–Kier alpha value is -1.63. The molecule has 1 aliphatic rings. The molecule has 0 bridgehead atoms. The third-order valence-corrected chi connectivity index (χ3v) is 5.09. The van der Waals surface area contributed by atoms with E-state index in [1.807, 2.05) is 36.4 Å². The molecule has 0 radical (unpaired) electrons. The molecule has 0 spiro atoms. The summed E-state index contributed by atoms with van der Waals surface area (Å²) in [5, 5.41) is 0. The summed E-state index contributed by atoms with van der Waals surface area (Å²) in [6.07, 6.45) is 7.65. The Kier molecular flexibility index (Phi) is 4.92. The van der Waals surface area contributed by atoms with E-state index >= 15 is 0 Å². The first-order chi connectivity index (χ1) is 10.7. The summed E-state index contributed by atoms with van der Waals surface area (Å²) in [6, 6.07) is 15.5. The highest BCUT2D eigenvalue weighted by molar-refractivity contribution is 5.64. The third-order valence-electron chi connectivity index (χ3n) is 5.09. The maximum atomic E-state index is 14.4. The molecule has 0 amide bonds. The Morgan fingerprint density at radius 1 is 0.955 bits per heavy atom. The number of rotatable bonds is 4. The van der Waals surface area contributed by atoms with Gasteiger partial charge in [-0.05, 0) is 41.9 Å². The lowest BCUT2D eigenvalue weighted by molar-refractivity contribution is 0.277. The fourth-order valence-corrected chi connectivity index (χ4v) is 3.55. The molecule has 0 saturated heterocycles. The van der Waals surface area contributed by atoms with Crippen LogP contribution in [0.25, 0.3) is 11.1 Å². The molecule has 2 aromatic carbocycles. The van der Waals surface area contributed by atoms with E-state index in [1.165, 1.54) is 32.1 Å². The molecule has 1 heteroatoms. The van der Waals surface area contributed by atoms with Crippen molar-refractivity contribution in [3.8, 4) is 11.1 Å². The van der Waals surface area contributed by atoms with Crippen LogP contribution in [0.15, 0.2) is 48.5 Å². The molecule has 0 aromatic heterocycles. The molecule has 0 nitrogen and oxygen atoms in total. The number of aryl methyl sites for hydroxylation is 1. The average Bonchev–Trinajstić information content (AvgIpc) is 2.55. The van der Waals surface area contributed by atoms with Gasteiger partial charge in [0.25, 0.3) is 0 Å². The third kappa shape index (κ3) is 3.76. The van der Waals surface area contributed by atoms with Crippen LogP contribution in [-0.2, 0) is 6.42 Å². The zero-order chi connectivity index (χ0) is 15.4. The van der Waals surface area contributed by atoms with Crippen LogP contribution in [0.5, 0.6) is 0 Å². The quantitative estimate of drug-likeness (QED) is 0.625. The average molecular weight is 296 g/mol. The Bertz CT molecular complexity index is 595. The van der Waals surface area contributed by atoms with Crippen molar-refractivity contribution in [3.63, 3.8) is 0 Å². The highest BCUT2D eigenvalue weighted by Gasteiger charge is 2.18. The van der Waals surface area contributed by atoms with Gasteiger partial charge in [-0.15, -0.1) is 0 Å². The highest BCUT2D eigenvalue weighted by atomic mass is 19.1. The lowest BCUT2D eigenvalue weighted by Crippen LogP contribution is -2.12. The van der Waals surface area contributed by atoms with E-state index < -0.39 is 0 Å². The van der Waals surface area contributed by atoms with E-state index in [0.29, 0.717) is 5.56 Å². The number of hydrogen-bond donors (Lipinski definition) is 0. The summed E-state index contributed by atoms with van der Waals surface area (Å²) in [7, 11) is 0. The summed E-state index contributed by atoms with van der Waals surface area (Å²) in [5.74, 6) is 1.65. The van der Waals surface area contributed by atoms with Crippen molar-refractivity contribution in [1.29, 1.82) is 0 Å². The van der Waals surface area contributed by atoms with E-state index in [1.54, 1.807) is 6.07 Å². The summed E-state index contributed by atoms with van der Waals surface area (Å²) >= 11 is 0. The largest absolute Gasteiger partial charge is 0.206 e. The minimum Gasteiger partial charge on any atom is -0.206 e. The molecule has 1 fully saturated rings. The zero-order valence-corrected chi connectivity index (χ0v) is 13.4. The summed E-state index contributed by atoms with van der Waals surface area (Å²) in [5.41, 5.74) is 2.79. The van der Waals surface area contributed by atoms with Gasteiger partial charge in [0.05, 0.1) is 0 Å². The molecule has 0 N–H and O–H groups in total. The fourth-order valence-electron chi connectivity index (χ4n) is 3.55. The molecule has 0 heterocycles. The van der Waals surface area contributed by atoms with Crippen LogP contribution >= 0.6 is 0 Å². The van der Waals surface area contributed by atoms with Gasteiger partial charge in [-0.2, -0.15) is 0 Å². The van der Waals surface area contributed by atoms with Crippen molar-refractivity contribution in [2.45, 2.75) is 45.4 Å². The molecule has 3 rings (SSSR count). The van der Waals surface area contributed by atoms with Crippen molar-refractivity contribution in [2.24, 2.45) is 11.8 Å². The van der Waals surface area contributed by atoms with E-state index in [9.17, 15) is 4.39 Å². The lowest BCUT2D eigenvalue weighted by atomic mass is 9.80. The first-order valence-corrected chi connectivity index (χ1v) is 8.56. The first-order valence-electron chi connectivity index (χ1n) is 8.56. The van der Waals surface area contributed by atoms with Crippen LogP contribution < -0.4 is 0 Å². The van der Waals surface area contributed by atoms with Gasteiger partial charge >= 0.3 is 0 Å². The second kappa shape index (κ2) is 7.09. The molecule has 0 atom stereocenters. The summed E-state index contributed by atoms with van der Waals surface area (Å²) in [4.78, 5) is 0. The molecule has 116 valence electrons. The number of halogens is 1. The smallest absolute Gasteiger partial charge is 0.131 e. The van der Waals surface area contributed by atoms with E-state index in [2.05, 4.69) is 13.0 Å². The molecule has 1 aliphatic carbocycles. The second-order valence-corrected chi connectivity index (χ2v) is 6.84. The predicted octanol–water partition coefficient (Wildman–Crippen LogP) is 6.25. The molecule has 2 aromatic rings. The van der Waals surface area contributed by atoms with Crippen molar-refractivity contribution in [2.75, 3.05) is 0 Å². The van der Waals surface area contributed by atoms with Gasteiger partial charge in [-0.25, -0.2) is 4.39 Å². The normalized spacial score (nSPS) is 21.7. The molecule has 0 aliphatic heterocycles. The topological polar surface area (TPSA) is 0 Å². The van der Waals surface area contributed by atoms with Gasteiger partial charge in [-0.3, -0.25) is 0 Å². The van der Waals surface area contributed by atoms with Crippen LogP contribution in [0.1, 0.15) is 44.6 Å². The lowest BCUT2D eigenvalue weighted by Gasteiger charge is -2.26. The molecule has 1 saturated carbocycles. The van der Waals surface area contributed by atoms with Gasteiger partial charge in [-0.1, -0.05) is 75.1 Å². The van der Waals surface area contributed by atoms with Gasteiger partial charge in [0.2, 0.25) is 0 Å². The SMILES string of the molecule is CC1CCC(CCc2ccc(-c3ccccc3)c(F)c2)CC1. The molecule has 0 unspecified atom stereocenters. The van der Waals surface area contributed by atoms with Crippen molar-refractivity contribution >= 4 is 0 Å². The molecular formula is C21H25F. The first kappa shape index (κ1) is 15.3. The highest BCUT2D eigenvalue weighted by Crippen LogP contribution is 2.31. The maximum absolute atomic E-state index is 14.4. The molecular weight excluding hydrogens is 271 g/mol. The fraction of sp³-hybridized carbons (Fsp3) is 0.429. The summed E-state index contributed by atoms with van der Waals surface area (Å²) < 4.78 is 14.4. The van der Waals surface area contributed by atoms with Crippen molar-refractivity contribution < 1.29 is 4.39 Å². The van der Waals surface area contributed by atoms with Crippen molar-refractivity contribution in [3.05, 3.63) is 59.9 Å². The van der Waals surface area contributed by atoms with Crippen LogP contribution in [0.4, 0.5) is 4.39 Å². The molecule has 22 heavy (non-hydrogen) atoms. The van der Waals surface area contributed by atoms with Gasteiger partial charge < -0.3 is 0 Å². The Morgan fingerprint density at radius 3 is 2.36 bits per heavy atom. The number of hydrogen-bond acceptors (Lipinski definition) is 0. The van der Waals surface area contributed by atoms with Crippen LogP contribution in [0.3, 0.4) is 0 Å². The van der Waals surface area contributed by atoms with E-state index in [0.717, 1.165) is 29.4 Å². The predicted molar refractivity (Wildman–Crippen MR) is 91.3 cm³/mol. The second-order valence-electron chi connectivity index (χ2n) is 6.84. The van der Waals surface area contributed by atoms with Gasteiger partial charge in [0, 0.05) is 5.56 Å². The zero-order valence-electron chi connectivity index (χ0n) is 13.4. The minimum atomic E-state index is -0.0963. The monoisotopic (exact) mass is 296 g/mol.